The van der Waals surface area contributed by atoms with E-state index in [0.717, 1.165) is 30.9 Å². The van der Waals surface area contributed by atoms with Gasteiger partial charge in [-0.1, -0.05) is 12.1 Å². The highest BCUT2D eigenvalue weighted by atomic mass is 127. The summed E-state index contributed by atoms with van der Waals surface area (Å²) in [5.41, 5.74) is 1.02. The third-order valence-electron chi connectivity index (χ3n) is 3.57. The van der Waals surface area contributed by atoms with E-state index in [1.807, 2.05) is 31.2 Å². The molecular weight excluding hydrogens is 447 g/mol. The van der Waals surface area contributed by atoms with E-state index in [1.54, 1.807) is 7.11 Å². The summed E-state index contributed by atoms with van der Waals surface area (Å²) in [6, 6.07) is 8.00. The molecule has 0 atom stereocenters. The largest absolute Gasteiger partial charge is 0.484 e. The number of aliphatic imine (C=N–C) groups is 1. The molecule has 1 aromatic carbocycles. The lowest BCUT2D eigenvalue weighted by Crippen LogP contribution is -2.38. The van der Waals surface area contributed by atoms with Gasteiger partial charge in [-0.05, 0) is 37.5 Å². The molecule has 1 fully saturated rings. The normalized spacial score (nSPS) is 13.5. The minimum Gasteiger partial charge on any atom is -0.484 e. The minimum atomic E-state index is -0.0669. The van der Waals surface area contributed by atoms with Crippen LogP contribution in [0.25, 0.3) is 0 Å². The van der Waals surface area contributed by atoms with Crippen molar-refractivity contribution in [1.82, 2.24) is 16.0 Å². The van der Waals surface area contributed by atoms with Gasteiger partial charge in [0.25, 0.3) is 5.91 Å². The second kappa shape index (κ2) is 12.7. The molecule has 26 heavy (non-hydrogen) atoms. The molecule has 1 amide bonds. The number of ether oxygens (including phenoxy) is 2. The van der Waals surface area contributed by atoms with E-state index >= 15 is 0 Å². The number of guanidine groups is 1. The highest BCUT2D eigenvalue weighted by molar-refractivity contribution is 14.0. The molecule has 146 valence electrons. The van der Waals surface area contributed by atoms with Gasteiger partial charge in [-0.15, -0.1) is 24.0 Å². The van der Waals surface area contributed by atoms with E-state index < -0.39 is 0 Å². The SMILES string of the molecule is CCNC(=NCc1cccc(OCC(=O)NC2CC2)c1)NCCOC.I. The fourth-order valence-corrected chi connectivity index (χ4v) is 2.16. The molecule has 0 bridgehead atoms. The van der Waals surface area contributed by atoms with Gasteiger partial charge in [0, 0.05) is 26.2 Å². The number of amides is 1. The standard InChI is InChI=1S/C18H28N4O3.HI/c1-3-19-18(20-9-10-24-2)21-12-14-5-4-6-16(11-14)25-13-17(23)22-15-7-8-15;/h4-6,11,15H,3,7-10,12-13H2,1-2H3,(H,22,23)(H2,19,20,21);1H. The molecule has 8 heteroatoms. The molecule has 7 nitrogen and oxygen atoms in total. The van der Waals surface area contributed by atoms with Crippen molar-refractivity contribution >= 4 is 35.8 Å². The van der Waals surface area contributed by atoms with E-state index in [9.17, 15) is 4.79 Å². The van der Waals surface area contributed by atoms with Crippen LogP contribution in [0.4, 0.5) is 0 Å². The number of rotatable bonds is 10. The molecule has 1 saturated carbocycles. The van der Waals surface area contributed by atoms with Crippen LogP contribution in [-0.2, 0) is 16.1 Å². The molecular formula is C18H29IN4O3. The second-order valence-electron chi connectivity index (χ2n) is 5.89. The van der Waals surface area contributed by atoms with Gasteiger partial charge in [0.15, 0.2) is 12.6 Å². The lowest BCUT2D eigenvalue weighted by atomic mass is 10.2. The number of nitrogens with zero attached hydrogens (tertiary/aromatic N) is 1. The van der Waals surface area contributed by atoms with Crippen molar-refractivity contribution in [2.75, 3.05) is 33.4 Å². The number of nitrogens with one attached hydrogen (secondary N) is 3. The number of hydrogen-bond donors (Lipinski definition) is 3. The van der Waals surface area contributed by atoms with Gasteiger partial charge in [0.1, 0.15) is 5.75 Å². The Morgan fingerprint density at radius 1 is 1.31 bits per heavy atom. The molecule has 1 aromatic rings. The Labute approximate surface area is 172 Å². The Morgan fingerprint density at radius 2 is 2.12 bits per heavy atom. The molecule has 0 unspecified atom stereocenters. The number of carbonyl (C=O) groups is 1. The van der Waals surface area contributed by atoms with E-state index in [0.29, 0.717) is 31.5 Å². The summed E-state index contributed by atoms with van der Waals surface area (Å²) in [5.74, 6) is 1.35. The molecule has 1 aliphatic rings. The molecule has 0 heterocycles. The highest BCUT2D eigenvalue weighted by Crippen LogP contribution is 2.18. The number of halogens is 1. The summed E-state index contributed by atoms with van der Waals surface area (Å²) in [5, 5.41) is 9.29. The molecule has 0 saturated heterocycles. The summed E-state index contributed by atoms with van der Waals surface area (Å²) in [6.45, 7) is 4.70. The number of methoxy groups -OCH3 is 1. The Bertz CT molecular complexity index is 579. The van der Waals surface area contributed by atoms with E-state index in [-0.39, 0.29) is 36.5 Å². The lowest BCUT2D eigenvalue weighted by molar-refractivity contribution is -0.123. The van der Waals surface area contributed by atoms with Crippen molar-refractivity contribution in [2.45, 2.75) is 32.4 Å². The van der Waals surface area contributed by atoms with Crippen molar-refractivity contribution in [1.29, 1.82) is 0 Å². The predicted octanol–water partition coefficient (Wildman–Crippen LogP) is 1.66. The Hall–Kier alpha value is -1.55. The van der Waals surface area contributed by atoms with Gasteiger partial charge in [-0.25, -0.2) is 4.99 Å². The second-order valence-corrected chi connectivity index (χ2v) is 5.89. The predicted molar refractivity (Wildman–Crippen MR) is 113 cm³/mol. The van der Waals surface area contributed by atoms with Gasteiger partial charge in [0.2, 0.25) is 0 Å². The van der Waals surface area contributed by atoms with Crippen LogP contribution in [0.2, 0.25) is 0 Å². The van der Waals surface area contributed by atoms with Crippen LogP contribution in [0.3, 0.4) is 0 Å². The zero-order valence-electron chi connectivity index (χ0n) is 15.4. The number of carbonyl (C=O) groups excluding carboxylic acids is 1. The topological polar surface area (TPSA) is 84.0 Å². The smallest absolute Gasteiger partial charge is 0.258 e. The molecule has 0 aromatic heterocycles. The first-order valence-electron chi connectivity index (χ1n) is 8.73. The summed E-state index contributed by atoms with van der Waals surface area (Å²) in [4.78, 5) is 16.2. The maximum Gasteiger partial charge on any atom is 0.258 e. The molecule has 3 N–H and O–H groups in total. The number of benzene rings is 1. The third kappa shape index (κ3) is 9.23. The van der Waals surface area contributed by atoms with Crippen LogP contribution < -0.4 is 20.7 Å². The van der Waals surface area contributed by atoms with Gasteiger partial charge in [-0.3, -0.25) is 4.79 Å². The van der Waals surface area contributed by atoms with Gasteiger partial charge >= 0.3 is 0 Å². The van der Waals surface area contributed by atoms with Crippen molar-refractivity contribution < 1.29 is 14.3 Å². The van der Waals surface area contributed by atoms with Crippen LogP contribution in [0, 0.1) is 0 Å². The third-order valence-corrected chi connectivity index (χ3v) is 3.57. The van der Waals surface area contributed by atoms with Gasteiger partial charge in [-0.2, -0.15) is 0 Å². The van der Waals surface area contributed by atoms with E-state index in [2.05, 4.69) is 20.9 Å². The molecule has 2 rings (SSSR count). The summed E-state index contributed by atoms with van der Waals surface area (Å²) in [7, 11) is 1.67. The van der Waals surface area contributed by atoms with Crippen LogP contribution in [0.1, 0.15) is 25.3 Å². The summed E-state index contributed by atoms with van der Waals surface area (Å²) < 4.78 is 10.6. The van der Waals surface area contributed by atoms with Crippen LogP contribution >= 0.6 is 24.0 Å². The van der Waals surface area contributed by atoms with Crippen molar-refractivity contribution in [3.8, 4) is 5.75 Å². The Balaban J connectivity index is 0.00000338. The average Bonchev–Trinajstić information content (AvgIpc) is 3.42. The van der Waals surface area contributed by atoms with Crippen molar-refractivity contribution in [2.24, 2.45) is 4.99 Å². The number of hydrogen-bond acceptors (Lipinski definition) is 4. The van der Waals surface area contributed by atoms with Crippen LogP contribution in [-0.4, -0.2) is 51.3 Å². The van der Waals surface area contributed by atoms with Crippen LogP contribution in [0.15, 0.2) is 29.3 Å². The monoisotopic (exact) mass is 476 g/mol. The van der Waals surface area contributed by atoms with Crippen LogP contribution in [0.5, 0.6) is 5.75 Å². The van der Waals surface area contributed by atoms with E-state index in [1.165, 1.54) is 0 Å². The fourth-order valence-electron chi connectivity index (χ4n) is 2.16. The first kappa shape index (κ1) is 22.5. The fraction of sp³-hybridized carbons (Fsp3) is 0.556. The first-order valence-corrected chi connectivity index (χ1v) is 8.73. The Kier molecular flexibility index (Phi) is 11.0. The quantitative estimate of drug-likeness (QED) is 0.207. The molecule has 1 aliphatic carbocycles. The molecule has 0 aliphatic heterocycles. The van der Waals surface area contributed by atoms with E-state index in [4.69, 9.17) is 9.47 Å². The zero-order valence-corrected chi connectivity index (χ0v) is 17.7. The van der Waals surface area contributed by atoms with Gasteiger partial charge < -0.3 is 25.4 Å². The molecule has 0 radical (unpaired) electrons. The zero-order chi connectivity index (χ0) is 17.9. The lowest BCUT2D eigenvalue weighted by Gasteiger charge is -2.11. The summed E-state index contributed by atoms with van der Waals surface area (Å²) in [6.07, 6.45) is 2.15. The van der Waals surface area contributed by atoms with Crippen molar-refractivity contribution in [3.05, 3.63) is 29.8 Å². The minimum absolute atomic E-state index is 0. The maximum absolute atomic E-state index is 11.7. The molecule has 0 spiro atoms. The summed E-state index contributed by atoms with van der Waals surface area (Å²) >= 11 is 0. The average molecular weight is 476 g/mol. The maximum atomic E-state index is 11.7. The van der Waals surface area contributed by atoms with Gasteiger partial charge in [0.05, 0.1) is 13.2 Å². The highest BCUT2D eigenvalue weighted by Gasteiger charge is 2.23. The Morgan fingerprint density at radius 3 is 2.81 bits per heavy atom. The van der Waals surface area contributed by atoms with Crippen molar-refractivity contribution in [3.63, 3.8) is 0 Å². The first-order chi connectivity index (χ1) is 12.2.